The van der Waals surface area contributed by atoms with Crippen LogP contribution in [-0.2, 0) is 11.2 Å². The quantitative estimate of drug-likeness (QED) is 0.671. The SMILES string of the molecule is COc1cc(CCO)ccc1OC(=O)OC(C)(C)C. The summed E-state index contributed by atoms with van der Waals surface area (Å²) in [6, 6.07) is 5.10. The molecule has 1 N–H and O–H groups in total. The van der Waals surface area contributed by atoms with Crippen LogP contribution in [0.2, 0.25) is 0 Å². The minimum Gasteiger partial charge on any atom is -0.493 e. The molecule has 1 rings (SSSR count). The maximum absolute atomic E-state index is 11.6. The zero-order chi connectivity index (χ0) is 14.5. The van der Waals surface area contributed by atoms with Crippen molar-refractivity contribution in [1.29, 1.82) is 0 Å². The molecule has 0 aromatic heterocycles. The molecule has 0 fully saturated rings. The Hall–Kier alpha value is -1.75. The molecular weight excluding hydrogens is 248 g/mol. The monoisotopic (exact) mass is 268 g/mol. The van der Waals surface area contributed by atoms with Crippen LogP contribution in [0.15, 0.2) is 18.2 Å². The van der Waals surface area contributed by atoms with Gasteiger partial charge in [-0.1, -0.05) is 6.07 Å². The number of carbonyl (C=O) groups excluding carboxylic acids is 1. The molecule has 0 spiro atoms. The van der Waals surface area contributed by atoms with Crippen molar-refractivity contribution in [3.05, 3.63) is 23.8 Å². The average Bonchev–Trinajstić information content (AvgIpc) is 2.29. The van der Waals surface area contributed by atoms with Crippen LogP contribution in [0.5, 0.6) is 11.5 Å². The molecule has 0 unspecified atom stereocenters. The zero-order valence-corrected chi connectivity index (χ0v) is 11.7. The van der Waals surface area contributed by atoms with Crippen LogP contribution in [0.25, 0.3) is 0 Å². The molecule has 0 bridgehead atoms. The number of carbonyl (C=O) groups is 1. The fourth-order valence-electron chi connectivity index (χ4n) is 1.44. The number of benzene rings is 1. The Bertz CT molecular complexity index is 434. The van der Waals surface area contributed by atoms with Crippen molar-refractivity contribution in [2.75, 3.05) is 13.7 Å². The number of methoxy groups -OCH3 is 1. The molecule has 0 saturated carbocycles. The number of hydrogen-bond donors (Lipinski definition) is 1. The van der Waals surface area contributed by atoms with Gasteiger partial charge in [0.05, 0.1) is 7.11 Å². The van der Waals surface area contributed by atoms with Crippen LogP contribution in [0.3, 0.4) is 0 Å². The van der Waals surface area contributed by atoms with Crippen LogP contribution in [-0.4, -0.2) is 30.6 Å². The van der Waals surface area contributed by atoms with Gasteiger partial charge in [-0.3, -0.25) is 0 Å². The van der Waals surface area contributed by atoms with E-state index in [9.17, 15) is 4.79 Å². The molecule has 0 aliphatic rings. The lowest BCUT2D eigenvalue weighted by molar-refractivity contribution is 0.0201. The first-order valence-electron chi connectivity index (χ1n) is 6.04. The standard InChI is InChI=1S/C14H20O5/c1-14(2,3)19-13(16)18-11-6-5-10(7-8-15)9-12(11)17-4/h5-6,9,15H,7-8H2,1-4H3. The van der Waals surface area contributed by atoms with Crippen LogP contribution < -0.4 is 9.47 Å². The summed E-state index contributed by atoms with van der Waals surface area (Å²) in [6.07, 6.45) is -0.260. The molecule has 5 heteroatoms. The number of aliphatic hydroxyl groups excluding tert-OH is 1. The lowest BCUT2D eigenvalue weighted by atomic mass is 10.1. The highest BCUT2D eigenvalue weighted by molar-refractivity contribution is 5.66. The van der Waals surface area contributed by atoms with E-state index < -0.39 is 11.8 Å². The van der Waals surface area contributed by atoms with E-state index in [1.54, 1.807) is 39.0 Å². The molecule has 106 valence electrons. The summed E-state index contributed by atoms with van der Waals surface area (Å²) in [4.78, 5) is 11.6. The molecule has 5 nitrogen and oxygen atoms in total. The summed E-state index contributed by atoms with van der Waals surface area (Å²) < 4.78 is 15.3. The highest BCUT2D eigenvalue weighted by Crippen LogP contribution is 2.29. The molecule has 19 heavy (non-hydrogen) atoms. The molecule has 0 amide bonds. The molecule has 0 aliphatic carbocycles. The summed E-state index contributed by atoms with van der Waals surface area (Å²) >= 11 is 0. The summed E-state index contributed by atoms with van der Waals surface area (Å²) in [6.45, 7) is 5.33. The van der Waals surface area contributed by atoms with Gasteiger partial charge in [0.25, 0.3) is 0 Å². The fourth-order valence-corrected chi connectivity index (χ4v) is 1.44. The summed E-state index contributed by atoms with van der Waals surface area (Å²) in [5.41, 5.74) is 0.289. The maximum Gasteiger partial charge on any atom is 0.514 e. The van der Waals surface area contributed by atoms with Crippen LogP contribution in [0.1, 0.15) is 26.3 Å². The van der Waals surface area contributed by atoms with Crippen molar-refractivity contribution < 1.29 is 24.1 Å². The highest BCUT2D eigenvalue weighted by atomic mass is 16.7. The lowest BCUT2D eigenvalue weighted by Gasteiger charge is -2.19. The van der Waals surface area contributed by atoms with E-state index in [0.717, 1.165) is 5.56 Å². The molecule has 1 aromatic carbocycles. The van der Waals surface area contributed by atoms with Crippen molar-refractivity contribution >= 4 is 6.16 Å². The Morgan fingerprint density at radius 2 is 1.95 bits per heavy atom. The summed E-state index contributed by atoms with van der Waals surface area (Å²) in [5.74, 6) is 0.718. The minimum absolute atomic E-state index is 0.0510. The van der Waals surface area contributed by atoms with Gasteiger partial charge in [-0.05, 0) is 44.9 Å². The number of hydrogen-bond acceptors (Lipinski definition) is 5. The maximum atomic E-state index is 11.6. The van der Waals surface area contributed by atoms with Gasteiger partial charge >= 0.3 is 6.16 Å². The Balaban J connectivity index is 2.80. The van der Waals surface area contributed by atoms with Crippen molar-refractivity contribution in [2.24, 2.45) is 0 Å². The van der Waals surface area contributed by atoms with Gasteiger partial charge in [0.1, 0.15) is 5.60 Å². The Morgan fingerprint density at radius 3 is 2.47 bits per heavy atom. The van der Waals surface area contributed by atoms with E-state index in [1.807, 2.05) is 0 Å². The Morgan fingerprint density at radius 1 is 1.26 bits per heavy atom. The third kappa shape index (κ3) is 5.18. The predicted molar refractivity (Wildman–Crippen MR) is 70.6 cm³/mol. The second-order valence-corrected chi connectivity index (χ2v) is 5.03. The topological polar surface area (TPSA) is 65.0 Å². The van der Waals surface area contributed by atoms with Gasteiger partial charge in [0, 0.05) is 6.61 Å². The molecule has 0 saturated heterocycles. The largest absolute Gasteiger partial charge is 0.514 e. The fraction of sp³-hybridized carbons (Fsp3) is 0.500. The van der Waals surface area contributed by atoms with E-state index >= 15 is 0 Å². The second kappa shape index (κ2) is 6.43. The second-order valence-electron chi connectivity index (χ2n) is 5.03. The van der Waals surface area contributed by atoms with Crippen LogP contribution >= 0.6 is 0 Å². The molecular formula is C14H20O5. The van der Waals surface area contributed by atoms with Gasteiger partial charge < -0.3 is 19.3 Å². The van der Waals surface area contributed by atoms with E-state index in [4.69, 9.17) is 19.3 Å². The molecule has 0 atom stereocenters. The summed E-state index contributed by atoms with van der Waals surface area (Å²) in [5, 5.41) is 8.88. The first-order chi connectivity index (χ1) is 8.85. The van der Waals surface area contributed by atoms with Gasteiger partial charge in [0.15, 0.2) is 11.5 Å². The first kappa shape index (κ1) is 15.3. The molecule has 1 aromatic rings. The lowest BCUT2D eigenvalue weighted by Crippen LogP contribution is -2.26. The van der Waals surface area contributed by atoms with Gasteiger partial charge in [-0.15, -0.1) is 0 Å². The number of ether oxygens (including phenoxy) is 3. The van der Waals surface area contributed by atoms with E-state index in [1.165, 1.54) is 7.11 Å². The molecule has 0 heterocycles. The highest BCUT2D eigenvalue weighted by Gasteiger charge is 2.19. The first-order valence-corrected chi connectivity index (χ1v) is 6.04. The average molecular weight is 268 g/mol. The Kier molecular flexibility index (Phi) is 5.18. The van der Waals surface area contributed by atoms with E-state index in [2.05, 4.69) is 0 Å². The summed E-state index contributed by atoms with van der Waals surface area (Å²) in [7, 11) is 1.49. The van der Waals surface area contributed by atoms with Crippen molar-refractivity contribution in [3.63, 3.8) is 0 Å². The normalized spacial score (nSPS) is 11.0. The van der Waals surface area contributed by atoms with E-state index in [-0.39, 0.29) is 6.61 Å². The zero-order valence-electron chi connectivity index (χ0n) is 11.7. The molecule has 0 radical (unpaired) electrons. The smallest absolute Gasteiger partial charge is 0.493 e. The van der Waals surface area contributed by atoms with E-state index in [0.29, 0.717) is 17.9 Å². The Labute approximate surface area is 113 Å². The minimum atomic E-state index is -0.777. The van der Waals surface area contributed by atoms with Crippen LogP contribution in [0.4, 0.5) is 4.79 Å². The predicted octanol–water partition coefficient (Wildman–Crippen LogP) is 2.54. The van der Waals surface area contributed by atoms with Gasteiger partial charge in [-0.25, -0.2) is 4.79 Å². The van der Waals surface area contributed by atoms with Crippen molar-refractivity contribution in [1.82, 2.24) is 0 Å². The third-order valence-corrected chi connectivity index (χ3v) is 2.21. The van der Waals surface area contributed by atoms with Crippen LogP contribution in [0, 0.1) is 0 Å². The third-order valence-electron chi connectivity index (χ3n) is 2.21. The van der Waals surface area contributed by atoms with Crippen molar-refractivity contribution in [2.45, 2.75) is 32.8 Å². The number of aliphatic hydroxyl groups is 1. The van der Waals surface area contributed by atoms with Crippen molar-refractivity contribution in [3.8, 4) is 11.5 Å². The van der Waals surface area contributed by atoms with Gasteiger partial charge in [0.2, 0.25) is 0 Å². The number of rotatable bonds is 4. The van der Waals surface area contributed by atoms with Gasteiger partial charge in [-0.2, -0.15) is 0 Å². The molecule has 0 aliphatic heterocycles.